The van der Waals surface area contributed by atoms with Gasteiger partial charge in [0.1, 0.15) is 24.4 Å². The molecule has 1 saturated heterocycles. The van der Waals surface area contributed by atoms with E-state index in [2.05, 4.69) is 55.6 Å². The van der Waals surface area contributed by atoms with E-state index in [9.17, 15) is 30.3 Å². The number of unbranched alkanes of at least 4 members (excludes halogenated alkanes) is 11. The van der Waals surface area contributed by atoms with E-state index in [0.29, 0.717) is 6.42 Å². The van der Waals surface area contributed by atoms with Crippen LogP contribution in [0.3, 0.4) is 0 Å². The van der Waals surface area contributed by atoms with Crippen molar-refractivity contribution in [1.29, 1.82) is 0 Å². The number of carbonyl (C=O) groups is 1. The molecule has 0 saturated carbocycles. The fourth-order valence-electron chi connectivity index (χ4n) is 5.14. The van der Waals surface area contributed by atoms with Crippen molar-refractivity contribution >= 4 is 5.91 Å². The molecular formula is C37H65NO8. The minimum atomic E-state index is -1.57. The average molecular weight is 652 g/mol. The summed E-state index contributed by atoms with van der Waals surface area (Å²) in [6.07, 6.45) is 26.4. The summed E-state index contributed by atoms with van der Waals surface area (Å²) in [6, 6.07) is -0.807. The van der Waals surface area contributed by atoms with Crippen LogP contribution in [0.15, 0.2) is 48.6 Å². The molecule has 1 heterocycles. The zero-order chi connectivity index (χ0) is 33.8. The first-order valence-corrected chi connectivity index (χ1v) is 17.9. The van der Waals surface area contributed by atoms with Gasteiger partial charge in [-0.1, -0.05) is 114 Å². The number of rotatable bonds is 27. The van der Waals surface area contributed by atoms with Gasteiger partial charge in [-0.05, 0) is 51.4 Å². The molecule has 1 amide bonds. The molecule has 0 bridgehead atoms. The summed E-state index contributed by atoms with van der Waals surface area (Å²) in [5, 5.41) is 53.3. The third-order valence-electron chi connectivity index (χ3n) is 8.15. The van der Waals surface area contributed by atoms with Crippen LogP contribution in [0.1, 0.15) is 123 Å². The molecule has 7 atom stereocenters. The molecule has 1 aliphatic heterocycles. The van der Waals surface area contributed by atoms with Gasteiger partial charge in [-0.3, -0.25) is 4.79 Å². The molecule has 1 rings (SSSR count). The summed E-state index contributed by atoms with van der Waals surface area (Å²) >= 11 is 0. The molecular weight excluding hydrogens is 586 g/mol. The highest BCUT2D eigenvalue weighted by Gasteiger charge is 2.44. The van der Waals surface area contributed by atoms with E-state index in [-0.39, 0.29) is 12.5 Å². The van der Waals surface area contributed by atoms with Gasteiger partial charge in [-0.25, -0.2) is 0 Å². The third-order valence-corrected chi connectivity index (χ3v) is 8.15. The number of ether oxygens (including phenoxy) is 2. The smallest absolute Gasteiger partial charge is 0.220 e. The predicted molar refractivity (Wildman–Crippen MR) is 184 cm³/mol. The fraction of sp³-hybridized carbons (Fsp3) is 0.757. The topological polar surface area (TPSA) is 149 Å². The maximum Gasteiger partial charge on any atom is 0.220 e. The number of aliphatic hydroxyl groups is 5. The molecule has 0 aromatic carbocycles. The fourth-order valence-corrected chi connectivity index (χ4v) is 5.14. The molecule has 1 fully saturated rings. The zero-order valence-corrected chi connectivity index (χ0v) is 28.6. The average Bonchev–Trinajstić information content (AvgIpc) is 3.05. The second-order valence-electron chi connectivity index (χ2n) is 12.3. The summed E-state index contributed by atoms with van der Waals surface area (Å²) < 4.78 is 11.0. The molecule has 9 heteroatoms. The summed E-state index contributed by atoms with van der Waals surface area (Å²) in [4.78, 5) is 12.7. The van der Waals surface area contributed by atoms with Gasteiger partial charge < -0.3 is 40.3 Å². The van der Waals surface area contributed by atoms with Crippen LogP contribution < -0.4 is 5.32 Å². The number of allylic oxidation sites excluding steroid dienone is 7. The Hall–Kier alpha value is -1.85. The van der Waals surface area contributed by atoms with Crippen LogP contribution in [0.4, 0.5) is 0 Å². The van der Waals surface area contributed by atoms with E-state index >= 15 is 0 Å². The zero-order valence-electron chi connectivity index (χ0n) is 28.6. The Kier molecular flexibility index (Phi) is 25.8. The molecule has 1 aliphatic rings. The maximum absolute atomic E-state index is 12.7. The van der Waals surface area contributed by atoms with Crippen molar-refractivity contribution in [2.24, 2.45) is 0 Å². The van der Waals surface area contributed by atoms with Crippen molar-refractivity contribution in [3.63, 3.8) is 0 Å². The summed E-state index contributed by atoms with van der Waals surface area (Å²) in [5.41, 5.74) is 0. The van der Waals surface area contributed by atoms with Crippen LogP contribution in [-0.2, 0) is 14.3 Å². The van der Waals surface area contributed by atoms with Crippen molar-refractivity contribution < 1.29 is 39.8 Å². The standard InChI is InChI=1S/C37H65NO8/c1-3-5-7-9-10-11-12-13-14-15-16-17-18-19-20-21-22-23-25-27-33(41)38-30(31(40)26-24-8-6-4-2)29-45-37-36(44)35(43)34(42)32(28-39)46-37/h10-11,13-14,16-17,24,26,30-32,34-37,39-40,42-44H,3-9,12,15,18-23,25,27-29H2,1-2H3,(H,38,41)/b11-10-,14-13-,17-16-,26-24+. The maximum atomic E-state index is 12.7. The highest BCUT2D eigenvalue weighted by atomic mass is 16.7. The molecule has 0 aliphatic carbocycles. The molecule has 0 aromatic heterocycles. The lowest BCUT2D eigenvalue weighted by atomic mass is 9.99. The molecule has 7 unspecified atom stereocenters. The van der Waals surface area contributed by atoms with E-state index in [4.69, 9.17) is 9.47 Å². The van der Waals surface area contributed by atoms with Gasteiger partial charge in [-0.15, -0.1) is 0 Å². The van der Waals surface area contributed by atoms with E-state index in [1.54, 1.807) is 6.08 Å². The van der Waals surface area contributed by atoms with Crippen LogP contribution in [0.25, 0.3) is 0 Å². The Bertz CT molecular complexity index is 858. The molecule has 0 radical (unpaired) electrons. The summed E-state index contributed by atoms with van der Waals surface area (Å²) in [6.45, 7) is 3.54. The Morgan fingerprint density at radius 2 is 1.30 bits per heavy atom. The van der Waals surface area contributed by atoms with Crippen LogP contribution >= 0.6 is 0 Å². The lowest BCUT2D eigenvalue weighted by Crippen LogP contribution is -2.60. The number of carbonyl (C=O) groups excluding carboxylic acids is 1. The van der Waals surface area contributed by atoms with E-state index in [1.807, 2.05) is 6.08 Å². The van der Waals surface area contributed by atoms with Crippen molar-refractivity contribution in [2.45, 2.75) is 166 Å². The predicted octanol–water partition coefficient (Wildman–Crippen LogP) is 5.54. The number of aliphatic hydroxyl groups excluding tert-OH is 5. The second-order valence-corrected chi connectivity index (χ2v) is 12.3. The van der Waals surface area contributed by atoms with Gasteiger partial charge in [0.25, 0.3) is 0 Å². The van der Waals surface area contributed by atoms with Gasteiger partial charge in [0.2, 0.25) is 5.91 Å². The Balaban J connectivity index is 2.30. The first-order chi connectivity index (χ1) is 22.3. The quantitative estimate of drug-likeness (QED) is 0.0501. The number of hydrogen-bond donors (Lipinski definition) is 6. The Morgan fingerprint density at radius 1 is 0.739 bits per heavy atom. The normalized spacial score (nSPS) is 23.7. The largest absolute Gasteiger partial charge is 0.394 e. The van der Waals surface area contributed by atoms with Crippen LogP contribution in [0.5, 0.6) is 0 Å². The molecule has 6 N–H and O–H groups in total. The lowest BCUT2D eigenvalue weighted by molar-refractivity contribution is -0.302. The molecule has 0 spiro atoms. The summed E-state index contributed by atoms with van der Waals surface area (Å²) in [7, 11) is 0. The van der Waals surface area contributed by atoms with Gasteiger partial charge in [0, 0.05) is 6.42 Å². The van der Waals surface area contributed by atoms with Crippen molar-refractivity contribution in [3.8, 4) is 0 Å². The number of nitrogens with one attached hydrogen (secondary N) is 1. The van der Waals surface area contributed by atoms with Crippen LogP contribution in [0, 0.1) is 0 Å². The lowest BCUT2D eigenvalue weighted by Gasteiger charge is -2.40. The third kappa shape index (κ3) is 19.7. The SMILES string of the molecule is CCCC/C=C/C(O)C(COC1OC(CO)C(O)C(O)C1O)NC(=O)CCCCCCCC/C=C\C/C=C\C/C=C\CCCCC. The van der Waals surface area contributed by atoms with Crippen molar-refractivity contribution in [1.82, 2.24) is 5.32 Å². The monoisotopic (exact) mass is 651 g/mol. The molecule has 0 aromatic rings. The van der Waals surface area contributed by atoms with Gasteiger partial charge in [-0.2, -0.15) is 0 Å². The Morgan fingerprint density at radius 3 is 1.93 bits per heavy atom. The van der Waals surface area contributed by atoms with Gasteiger partial charge in [0.05, 0.1) is 25.4 Å². The minimum absolute atomic E-state index is 0.199. The second kappa shape index (κ2) is 28.2. The van der Waals surface area contributed by atoms with Crippen LogP contribution in [-0.4, -0.2) is 87.5 Å². The molecule has 9 nitrogen and oxygen atoms in total. The number of hydrogen-bond acceptors (Lipinski definition) is 8. The first kappa shape index (κ1) is 42.2. The van der Waals surface area contributed by atoms with Crippen molar-refractivity contribution in [3.05, 3.63) is 48.6 Å². The summed E-state index contributed by atoms with van der Waals surface area (Å²) in [5.74, 6) is -0.203. The molecule has 266 valence electrons. The van der Waals surface area contributed by atoms with E-state index in [1.165, 1.54) is 38.5 Å². The highest BCUT2D eigenvalue weighted by molar-refractivity contribution is 5.76. The minimum Gasteiger partial charge on any atom is -0.394 e. The Labute approximate surface area is 278 Å². The number of amides is 1. The van der Waals surface area contributed by atoms with Gasteiger partial charge in [0.15, 0.2) is 6.29 Å². The van der Waals surface area contributed by atoms with E-state index < -0.39 is 49.5 Å². The highest BCUT2D eigenvalue weighted by Crippen LogP contribution is 2.22. The van der Waals surface area contributed by atoms with Gasteiger partial charge >= 0.3 is 0 Å². The first-order valence-electron chi connectivity index (χ1n) is 17.9. The van der Waals surface area contributed by atoms with E-state index in [0.717, 1.165) is 64.2 Å². The van der Waals surface area contributed by atoms with Crippen molar-refractivity contribution in [2.75, 3.05) is 13.2 Å². The molecule has 46 heavy (non-hydrogen) atoms. The van der Waals surface area contributed by atoms with Crippen LogP contribution in [0.2, 0.25) is 0 Å².